The lowest BCUT2D eigenvalue weighted by atomic mass is 9.95. The molecule has 0 radical (unpaired) electrons. The number of anilines is 6. The number of rotatable bonds is 9. The fourth-order valence-electron chi connectivity index (χ4n) is 9.71. The van der Waals surface area contributed by atoms with Crippen molar-refractivity contribution in [1.82, 2.24) is 0 Å². The van der Waals surface area contributed by atoms with E-state index < -0.39 is 8.07 Å². The van der Waals surface area contributed by atoms with Gasteiger partial charge in [0.05, 0.1) is 11.4 Å². The van der Waals surface area contributed by atoms with E-state index in [1.807, 2.05) is 0 Å². The van der Waals surface area contributed by atoms with Gasteiger partial charge in [-0.05, 0) is 104 Å². The fourth-order valence-corrected chi connectivity index (χ4v) is 14.5. The molecule has 0 saturated carbocycles. The molecule has 0 fully saturated rings. The van der Waals surface area contributed by atoms with Crippen LogP contribution < -0.4 is 30.5 Å². The molecule has 63 heavy (non-hydrogen) atoms. The Labute approximate surface area is 371 Å². The third-order valence-corrected chi connectivity index (χ3v) is 17.4. The van der Waals surface area contributed by atoms with E-state index in [1.54, 1.807) is 0 Å². The highest BCUT2D eigenvalue weighted by Crippen LogP contribution is 2.50. The van der Waals surface area contributed by atoms with Crippen molar-refractivity contribution in [2.75, 3.05) is 9.80 Å². The van der Waals surface area contributed by atoms with Crippen LogP contribution in [0.2, 0.25) is 0 Å². The monoisotopic (exact) mass is 820 g/mol. The molecule has 0 atom stereocenters. The van der Waals surface area contributed by atoms with Gasteiger partial charge in [0, 0.05) is 33.9 Å². The minimum Gasteiger partial charge on any atom is -0.311 e. The van der Waals surface area contributed by atoms with Gasteiger partial charge in [0.2, 0.25) is 0 Å². The maximum atomic E-state index is 2.42. The molecule has 10 aromatic carbocycles. The SMILES string of the molecule is c1ccc(-c2ccc(N(c3ccc(N4c5ccccc5-c5ccccc5-c5ccccc54)cc3)c3ccc([Si](c4ccccc4)(c4ccccc4)c4ccccc4)cc3)cc2)cc1. The van der Waals surface area contributed by atoms with Gasteiger partial charge in [0.25, 0.3) is 0 Å². The van der Waals surface area contributed by atoms with Gasteiger partial charge in [-0.15, -0.1) is 0 Å². The molecular formula is C60H44N2Si. The molecule has 0 bridgehead atoms. The zero-order chi connectivity index (χ0) is 42.0. The van der Waals surface area contributed by atoms with E-state index in [9.17, 15) is 0 Å². The molecule has 1 aliphatic rings. The first-order chi connectivity index (χ1) is 31.3. The van der Waals surface area contributed by atoms with Gasteiger partial charge in [0.15, 0.2) is 8.07 Å². The first-order valence-corrected chi connectivity index (χ1v) is 23.7. The molecule has 0 spiro atoms. The molecule has 0 unspecified atom stereocenters. The van der Waals surface area contributed by atoms with Crippen molar-refractivity contribution in [3.8, 4) is 33.4 Å². The maximum absolute atomic E-state index is 2.70. The molecule has 0 aliphatic carbocycles. The van der Waals surface area contributed by atoms with Crippen molar-refractivity contribution in [3.63, 3.8) is 0 Å². The number of para-hydroxylation sites is 2. The van der Waals surface area contributed by atoms with Gasteiger partial charge < -0.3 is 9.80 Å². The quantitative estimate of drug-likeness (QED) is 0.106. The van der Waals surface area contributed by atoms with Crippen molar-refractivity contribution < 1.29 is 0 Å². The summed E-state index contributed by atoms with van der Waals surface area (Å²) in [4.78, 5) is 4.81. The Morgan fingerprint density at radius 2 is 0.571 bits per heavy atom. The highest BCUT2D eigenvalue weighted by atomic mass is 28.3. The Morgan fingerprint density at radius 3 is 1.02 bits per heavy atom. The summed E-state index contributed by atoms with van der Waals surface area (Å²) in [5.41, 5.74) is 14.0. The molecule has 0 N–H and O–H groups in total. The third kappa shape index (κ3) is 6.76. The van der Waals surface area contributed by atoms with E-state index in [1.165, 1.54) is 54.1 Å². The summed E-state index contributed by atoms with van der Waals surface area (Å²) in [6.07, 6.45) is 0. The van der Waals surface area contributed by atoms with Crippen LogP contribution in [0.15, 0.2) is 267 Å². The molecule has 0 aromatic heterocycles. The first-order valence-electron chi connectivity index (χ1n) is 21.7. The molecule has 1 heterocycles. The summed E-state index contributed by atoms with van der Waals surface area (Å²) in [6, 6.07) is 97.8. The molecule has 0 amide bonds. The predicted molar refractivity (Wildman–Crippen MR) is 269 cm³/mol. The van der Waals surface area contributed by atoms with Gasteiger partial charge >= 0.3 is 0 Å². The van der Waals surface area contributed by atoms with Crippen LogP contribution in [0.25, 0.3) is 33.4 Å². The second-order valence-electron chi connectivity index (χ2n) is 16.1. The molecule has 0 saturated heterocycles. The van der Waals surface area contributed by atoms with Gasteiger partial charge in [-0.3, -0.25) is 0 Å². The van der Waals surface area contributed by atoms with Crippen molar-refractivity contribution >= 4 is 62.9 Å². The zero-order valence-corrected chi connectivity index (χ0v) is 35.8. The lowest BCUT2D eigenvalue weighted by Gasteiger charge is -2.35. The summed E-state index contributed by atoms with van der Waals surface area (Å²) < 4.78 is 0. The average molecular weight is 821 g/mol. The standard InChI is InChI=1S/C60H44N2Si/c1-5-19-45(20-6-1)46-33-35-47(36-34-46)61(49-41-43-54(44-42-49)63(51-21-7-2-8-22-51,52-23-9-3-10-24-52)53-25-11-4-12-26-53)48-37-39-50(40-38-48)62-59-31-17-15-29-57(59)55-27-13-14-28-56(55)58-30-16-18-32-60(58)62/h1-44H. The zero-order valence-electron chi connectivity index (χ0n) is 34.8. The highest BCUT2D eigenvalue weighted by Gasteiger charge is 2.41. The Bertz CT molecular complexity index is 2970. The molecule has 3 heteroatoms. The number of hydrogen-bond acceptors (Lipinski definition) is 2. The molecule has 11 rings (SSSR count). The second kappa shape index (κ2) is 16.5. The Balaban J connectivity index is 1.05. The van der Waals surface area contributed by atoms with Gasteiger partial charge in [-0.2, -0.15) is 0 Å². The summed E-state index contributed by atoms with van der Waals surface area (Å²) in [5, 5.41) is 5.42. The first kappa shape index (κ1) is 38.0. The van der Waals surface area contributed by atoms with Crippen LogP contribution in [0, 0.1) is 0 Å². The second-order valence-corrected chi connectivity index (χ2v) is 19.9. The number of fused-ring (bicyclic) bond motifs is 5. The predicted octanol–water partition coefficient (Wildman–Crippen LogP) is 13.3. The lowest BCUT2D eigenvalue weighted by molar-refractivity contribution is 1.26. The summed E-state index contributed by atoms with van der Waals surface area (Å²) in [5.74, 6) is 0. The van der Waals surface area contributed by atoms with E-state index >= 15 is 0 Å². The van der Waals surface area contributed by atoms with Crippen LogP contribution in [0.4, 0.5) is 34.1 Å². The van der Waals surface area contributed by atoms with E-state index in [0.29, 0.717) is 0 Å². The summed E-state index contributed by atoms with van der Waals surface area (Å²) in [6.45, 7) is 0. The number of benzene rings is 10. The van der Waals surface area contributed by atoms with Crippen LogP contribution in [0.5, 0.6) is 0 Å². The van der Waals surface area contributed by atoms with Crippen LogP contribution in [-0.2, 0) is 0 Å². The number of hydrogen-bond donors (Lipinski definition) is 0. The molecule has 298 valence electrons. The van der Waals surface area contributed by atoms with Crippen LogP contribution in [0.1, 0.15) is 0 Å². The molecule has 1 aliphatic heterocycles. The Kier molecular flexibility index (Phi) is 9.93. The van der Waals surface area contributed by atoms with Crippen LogP contribution in [-0.4, -0.2) is 8.07 Å². The molecule has 10 aromatic rings. The van der Waals surface area contributed by atoms with Crippen molar-refractivity contribution in [2.24, 2.45) is 0 Å². The topological polar surface area (TPSA) is 6.48 Å². The Hall–Kier alpha value is -7.98. The third-order valence-electron chi connectivity index (χ3n) is 12.6. The van der Waals surface area contributed by atoms with Crippen molar-refractivity contribution in [2.45, 2.75) is 0 Å². The normalized spacial score (nSPS) is 11.8. The fraction of sp³-hybridized carbons (Fsp3) is 0. The number of nitrogens with zero attached hydrogens (tertiary/aromatic N) is 2. The lowest BCUT2D eigenvalue weighted by Crippen LogP contribution is -2.74. The minimum atomic E-state index is -2.70. The van der Waals surface area contributed by atoms with Crippen molar-refractivity contribution in [3.05, 3.63) is 267 Å². The van der Waals surface area contributed by atoms with Gasteiger partial charge in [-0.25, -0.2) is 0 Å². The van der Waals surface area contributed by atoms with E-state index in [2.05, 4.69) is 277 Å². The van der Waals surface area contributed by atoms with Crippen LogP contribution >= 0.6 is 0 Å². The van der Waals surface area contributed by atoms with E-state index in [0.717, 1.165) is 34.1 Å². The largest absolute Gasteiger partial charge is 0.311 e. The average Bonchev–Trinajstić information content (AvgIpc) is 3.49. The van der Waals surface area contributed by atoms with E-state index in [-0.39, 0.29) is 0 Å². The molecule has 2 nitrogen and oxygen atoms in total. The Morgan fingerprint density at radius 1 is 0.254 bits per heavy atom. The summed E-state index contributed by atoms with van der Waals surface area (Å²) >= 11 is 0. The van der Waals surface area contributed by atoms with Crippen molar-refractivity contribution in [1.29, 1.82) is 0 Å². The van der Waals surface area contributed by atoms with Gasteiger partial charge in [0.1, 0.15) is 0 Å². The smallest absolute Gasteiger partial charge is 0.179 e. The van der Waals surface area contributed by atoms with Gasteiger partial charge in [-0.1, -0.05) is 206 Å². The highest BCUT2D eigenvalue weighted by molar-refractivity contribution is 7.19. The minimum absolute atomic E-state index is 1.08. The van der Waals surface area contributed by atoms with E-state index in [4.69, 9.17) is 0 Å². The maximum Gasteiger partial charge on any atom is 0.179 e. The summed E-state index contributed by atoms with van der Waals surface area (Å²) in [7, 11) is -2.70. The molecular weight excluding hydrogens is 777 g/mol. The van der Waals surface area contributed by atoms with Crippen LogP contribution in [0.3, 0.4) is 0 Å².